The molecule has 3 rings (SSSR count). The van der Waals surface area contributed by atoms with Crippen LogP contribution in [0.15, 0.2) is 24.4 Å². The largest absolute Gasteiger partial charge is 0.480 e. The topological polar surface area (TPSA) is 120 Å². The summed E-state index contributed by atoms with van der Waals surface area (Å²) in [5, 5.41) is 22.0. The SMILES string of the molecule is CN1C(=O)C2C(c3ccccn3)NC(CO)(C(=O)O)C2C1=O. The van der Waals surface area contributed by atoms with Crippen molar-refractivity contribution in [2.24, 2.45) is 11.8 Å². The second-order valence-electron chi connectivity index (χ2n) is 5.55. The standard InChI is InChI=1S/C14H15N3O5/c1-17-11(19)8-9(12(17)20)14(6-18,13(21)22)16-10(8)7-4-2-3-5-15-7/h2-5,8-10,16,18H,6H2,1H3,(H,21,22). The molecule has 3 N–H and O–H groups in total. The minimum absolute atomic E-state index is 0.463. The van der Waals surface area contributed by atoms with Crippen LogP contribution < -0.4 is 5.32 Å². The molecule has 0 saturated carbocycles. The highest BCUT2D eigenvalue weighted by molar-refractivity contribution is 6.09. The third-order valence-electron chi connectivity index (χ3n) is 4.51. The Kier molecular flexibility index (Phi) is 3.22. The molecule has 3 heterocycles. The molecule has 0 aromatic carbocycles. The number of aromatic nitrogens is 1. The maximum atomic E-state index is 12.4. The number of pyridine rings is 1. The van der Waals surface area contributed by atoms with E-state index < -0.39 is 47.8 Å². The van der Waals surface area contributed by atoms with Gasteiger partial charge in [-0.05, 0) is 12.1 Å². The van der Waals surface area contributed by atoms with Crippen molar-refractivity contribution >= 4 is 17.8 Å². The van der Waals surface area contributed by atoms with Gasteiger partial charge in [-0.3, -0.25) is 29.6 Å². The van der Waals surface area contributed by atoms with E-state index in [0.29, 0.717) is 5.69 Å². The molecule has 2 aliphatic heterocycles. The summed E-state index contributed by atoms with van der Waals surface area (Å²) in [7, 11) is 1.32. The predicted molar refractivity (Wildman–Crippen MR) is 72.3 cm³/mol. The van der Waals surface area contributed by atoms with E-state index >= 15 is 0 Å². The van der Waals surface area contributed by atoms with Crippen LogP contribution in [0, 0.1) is 11.8 Å². The molecule has 8 nitrogen and oxygen atoms in total. The van der Waals surface area contributed by atoms with E-state index in [1.807, 2.05) is 0 Å². The Labute approximate surface area is 125 Å². The number of nitrogens with zero attached hydrogens (tertiary/aromatic N) is 2. The van der Waals surface area contributed by atoms with Gasteiger partial charge >= 0.3 is 5.97 Å². The highest BCUT2D eigenvalue weighted by Gasteiger charge is 2.68. The van der Waals surface area contributed by atoms with Gasteiger partial charge in [-0.15, -0.1) is 0 Å². The van der Waals surface area contributed by atoms with Crippen LogP contribution in [0.2, 0.25) is 0 Å². The van der Waals surface area contributed by atoms with E-state index in [-0.39, 0.29) is 0 Å². The van der Waals surface area contributed by atoms with Gasteiger partial charge < -0.3 is 10.2 Å². The summed E-state index contributed by atoms with van der Waals surface area (Å²) in [6, 6.07) is 4.32. The molecule has 2 aliphatic rings. The number of aliphatic hydroxyl groups excluding tert-OH is 1. The number of hydrogen-bond acceptors (Lipinski definition) is 6. The van der Waals surface area contributed by atoms with Crippen molar-refractivity contribution in [3.05, 3.63) is 30.1 Å². The molecule has 0 radical (unpaired) electrons. The fourth-order valence-electron chi connectivity index (χ4n) is 3.37. The summed E-state index contributed by atoms with van der Waals surface area (Å²) >= 11 is 0. The van der Waals surface area contributed by atoms with Crippen LogP contribution in [0.3, 0.4) is 0 Å². The summed E-state index contributed by atoms with van der Waals surface area (Å²) in [6.07, 6.45) is 1.52. The number of carboxylic acid groups (broad SMARTS) is 1. The van der Waals surface area contributed by atoms with Crippen molar-refractivity contribution in [3.8, 4) is 0 Å². The van der Waals surface area contributed by atoms with Gasteiger partial charge in [-0.2, -0.15) is 0 Å². The van der Waals surface area contributed by atoms with Gasteiger partial charge in [0.05, 0.1) is 30.2 Å². The Balaban J connectivity index is 2.14. The molecule has 2 fully saturated rings. The van der Waals surface area contributed by atoms with Gasteiger partial charge in [0.25, 0.3) is 0 Å². The maximum Gasteiger partial charge on any atom is 0.327 e. The Bertz CT molecular complexity index is 649. The fourth-order valence-corrected chi connectivity index (χ4v) is 3.37. The molecule has 1 aromatic rings. The van der Waals surface area contributed by atoms with E-state index in [2.05, 4.69) is 10.3 Å². The van der Waals surface area contributed by atoms with Gasteiger partial charge in [0.15, 0.2) is 5.54 Å². The number of amides is 2. The van der Waals surface area contributed by atoms with Crippen molar-refractivity contribution in [3.63, 3.8) is 0 Å². The van der Waals surface area contributed by atoms with E-state index in [1.54, 1.807) is 18.2 Å². The number of rotatable bonds is 3. The van der Waals surface area contributed by atoms with Crippen molar-refractivity contribution in [1.82, 2.24) is 15.2 Å². The molecule has 0 spiro atoms. The first kappa shape index (κ1) is 14.6. The smallest absolute Gasteiger partial charge is 0.327 e. The second kappa shape index (κ2) is 4.85. The first-order valence-electron chi connectivity index (χ1n) is 6.78. The first-order valence-corrected chi connectivity index (χ1v) is 6.78. The van der Waals surface area contributed by atoms with Crippen molar-refractivity contribution in [2.45, 2.75) is 11.6 Å². The first-order chi connectivity index (χ1) is 10.4. The Morgan fingerprint density at radius 3 is 2.68 bits per heavy atom. The van der Waals surface area contributed by atoms with Crippen LogP contribution >= 0.6 is 0 Å². The van der Waals surface area contributed by atoms with Crippen molar-refractivity contribution in [1.29, 1.82) is 0 Å². The van der Waals surface area contributed by atoms with Crippen LogP contribution in [-0.4, -0.2) is 57.1 Å². The Morgan fingerprint density at radius 1 is 1.41 bits per heavy atom. The molecule has 22 heavy (non-hydrogen) atoms. The number of carboxylic acids is 1. The molecule has 1 aromatic heterocycles. The van der Waals surface area contributed by atoms with Crippen LogP contribution in [0.25, 0.3) is 0 Å². The second-order valence-corrected chi connectivity index (χ2v) is 5.55. The molecule has 0 aliphatic carbocycles. The zero-order valence-electron chi connectivity index (χ0n) is 11.8. The van der Waals surface area contributed by atoms with Gasteiger partial charge in [0.2, 0.25) is 11.8 Å². The lowest BCUT2D eigenvalue weighted by Gasteiger charge is -2.28. The lowest BCUT2D eigenvalue weighted by molar-refractivity contribution is -0.153. The lowest BCUT2D eigenvalue weighted by atomic mass is 9.80. The molecule has 2 amide bonds. The summed E-state index contributed by atoms with van der Waals surface area (Å²) in [5.74, 6) is -4.47. The number of aliphatic carboxylic acids is 1. The van der Waals surface area contributed by atoms with Crippen LogP contribution in [0.5, 0.6) is 0 Å². The fraction of sp³-hybridized carbons (Fsp3) is 0.429. The van der Waals surface area contributed by atoms with E-state index in [1.165, 1.54) is 13.2 Å². The Morgan fingerprint density at radius 2 is 2.14 bits per heavy atom. The maximum absolute atomic E-state index is 12.4. The third kappa shape index (κ3) is 1.71. The monoisotopic (exact) mass is 305 g/mol. The number of aliphatic hydroxyl groups is 1. The molecule has 4 unspecified atom stereocenters. The molecular formula is C14H15N3O5. The van der Waals surface area contributed by atoms with E-state index in [4.69, 9.17) is 0 Å². The number of hydrogen-bond donors (Lipinski definition) is 3. The zero-order valence-corrected chi connectivity index (χ0v) is 11.8. The van der Waals surface area contributed by atoms with Gasteiger partial charge in [0.1, 0.15) is 0 Å². The normalized spacial score (nSPS) is 34.1. The zero-order chi connectivity index (χ0) is 16.1. The summed E-state index contributed by atoms with van der Waals surface area (Å²) in [6.45, 7) is -0.792. The molecule has 0 bridgehead atoms. The average Bonchev–Trinajstić information content (AvgIpc) is 2.99. The van der Waals surface area contributed by atoms with Gasteiger partial charge in [0, 0.05) is 13.2 Å². The lowest BCUT2D eigenvalue weighted by Crippen LogP contribution is -2.58. The van der Waals surface area contributed by atoms with Gasteiger partial charge in [-0.25, -0.2) is 0 Å². The van der Waals surface area contributed by atoms with Gasteiger partial charge in [-0.1, -0.05) is 6.07 Å². The quantitative estimate of drug-likeness (QED) is 0.598. The van der Waals surface area contributed by atoms with Crippen LogP contribution in [0.1, 0.15) is 11.7 Å². The predicted octanol–water partition coefficient (Wildman–Crippen LogP) is -1.23. The summed E-state index contributed by atoms with van der Waals surface area (Å²) in [5.41, 5.74) is -1.42. The van der Waals surface area contributed by atoms with Crippen LogP contribution in [0.4, 0.5) is 0 Å². The number of fused-ring (bicyclic) bond motifs is 1. The van der Waals surface area contributed by atoms with Crippen molar-refractivity contribution in [2.75, 3.05) is 13.7 Å². The highest BCUT2D eigenvalue weighted by Crippen LogP contribution is 2.47. The molecule has 2 saturated heterocycles. The summed E-state index contributed by atoms with van der Waals surface area (Å²) in [4.78, 5) is 41.5. The minimum atomic E-state index is -1.88. The number of likely N-dealkylation sites (tertiary alicyclic amines) is 1. The number of carbonyl (C=O) groups is 3. The molecular weight excluding hydrogens is 290 g/mol. The number of imide groups is 1. The molecule has 8 heteroatoms. The highest BCUT2D eigenvalue weighted by atomic mass is 16.4. The third-order valence-corrected chi connectivity index (χ3v) is 4.51. The van der Waals surface area contributed by atoms with E-state index in [9.17, 15) is 24.6 Å². The molecule has 116 valence electrons. The van der Waals surface area contributed by atoms with Crippen LogP contribution in [-0.2, 0) is 14.4 Å². The average molecular weight is 305 g/mol. The van der Waals surface area contributed by atoms with Crippen molar-refractivity contribution < 1.29 is 24.6 Å². The van der Waals surface area contributed by atoms with E-state index in [0.717, 1.165) is 4.90 Å². The Hall–Kier alpha value is -2.32. The minimum Gasteiger partial charge on any atom is -0.480 e. The number of carbonyl (C=O) groups excluding carboxylic acids is 2. The summed E-state index contributed by atoms with van der Waals surface area (Å²) < 4.78 is 0. The molecule has 4 atom stereocenters. The number of nitrogens with one attached hydrogen (secondary N) is 1.